The van der Waals surface area contributed by atoms with E-state index in [9.17, 15) is 4.79 Å². The van der Waals surface area contributed by atoms with Crippen molar-refractivity contribution in [3.63, 3.8) is 0 Å². The van der Waals surface area contributed by atoms with Gasteiger partial charge in [-0.1, -0.05) is 30.3 Å². The highest BCUT2D eigenvalue weighted by molar-refractivity contribution is 6.01. The Hall–Kier alpha value is -3.59. The minimum absolute atomic E-state index is 0.252. The number of methoxy groups -OCH3 is 1. The lowest BCUT2D eigenvalue weighted by Crippen LogP contribution is -2.18. The Labute approximate surface area is 144 Å². The summed E-state index contributed by atoms with van der Waals surface area (Å²) < 4.78 is 7.02. The van der Waals surface area contributed by atoms with Gasteiger partial charge in [0.2, 0.25) is 0 Å². The molecule has 0 saturated carbocycles. The number of nitriles is 1. The van der Waals surface area contributed by atoms with E-state index in [0.29, 0.717) is 11.3 Å². The lowest BCUT2D eigenvalue weighted by molar-refractivity contribution is 0.0952. The number of fused-ring (bicyclic) bond motifs is 1. The number of hydrazone groups is 1. The standard InChI is InChI=1S/C19H16N4O2/c1-25-18-9-5-3-7-16(18)19(24)22-21-12-14-13-23(11-10-20)17-8-4-2-6-15(14)17/h2-9,12-13H,11H2,1H3,(H,22,24)/b21-12-. The Morgan fingerprint density at radius 3 is 2.84 bits per heavy atom. The van der Waals surface area contributed by atoms with Crippen LogP contribution in [0.15, 0.2) is 59.8 Å². The van der Waals surface area contributed by atoms with E-state index < -0.39 is 0 Å². The van der Waals surface area contributed by atoms with E-state index in [2.05, 4.69) is 16.6 Å². The van der Waals surface area contributed by atoms with Gasteiger partial charge < -0.3 is 9.30 Å². The van der Waals surface area contributed by atoms with Crippen molar-refractivity contribution in [3.8, 4) is 11.8 Å². The van der Waals surface area contributed by atoms with Gasteiger partial charge in [0.05, 0.1) is 25.0 Å². The third-order valence-electron chi connectivity index (χ3n) is 3.78. The summed E-state index contributed by atoms with van der Waals surface area (Å²) in [5.74, 6) is 0.135. The first-order valence-corrected chi connectivity index (χ1v) is 7.66. The highest BCUT2D eigenvalue weighted by atomic mass is 16.5. The molecule has 0 fully saturated rings. The molecule has 1 aromatic heterocycles. The molecule has 3 aromatic rings. The first kappa shape index (κ1) is 16.3. The van der Waals surface area contributed by atoms with Crippen LogP contribution in [-0.4, -0.2) is 23.8 Å². The molecule has 0 radical (unpaired) electrons. The number of nitrogens with zero attached hydrogens (tertiary/aromatic N) is 3. The van der Waals surface area contributed by atoms with Gasteiger partial charge in [-0.05, 0) is 18.2 Å². The van der Waals surface area contributed by atoms with Crippen molar-refractivity contribution in [2.75, 3.05) is 7.11 Å². The molecule has 0 aliphatic rings. The fourth-order valence-corrected chi connectivity index (χ4v) is 2.64. The predicted molar refractivity (Wildman–Crippen MR) is 95.6 cm³/mol. The molecule has 1 amide bonds. The average Bonchev–Trinajstić information content (AvgIpc) is 3.00. The number of ether oxygens (including phenoxy) is 1. The summed E-state index contributed by atoms with van der Waals surface area (Å²) in [6.45, 7) is 0.252. The minimum Gasteiger partial charge on any atom is -0.496 e. The van der Waals surface area contributed by atoms with Gasteiger partial charge in [0.15, 0.2) is 0 Å². The summed E-state index contributed by atoms with van der Waals surface area (Å²) in [4.78, 5) is 12.2. The second-order valence-electron chi connectivity index (χ2n) is 5.29. The zero-order valence-corrected chi connectivity index (χ0v) is 13.6. The van der Waals surface area contributed by atoms with Gasteiger partial charge in [-0.25, -0.2) is 5.43 Å². The Balaban J connectivity index is 1.82. The zero-order chi connectivity index (χ0) is 17.6. The molecule has 2 aromatic carbocycles. The molecule has 0 aliphatic heterocycles. The van der Waals surface area contributed by atoms with Crippen LogP contribution in [0.4, 0.5) is 0 Å². The maximum atomic E-state index is 12.2. The van der Waals surface area contributed by atoms with Crippen molar-refractivity contribution in [3.05, 3.63) is 65.9 Å². The fraction of sp³-hybridized carbons (Fsp3) is 0.105. The molecule has 0 bridgehead atoms. The Kier molecular flexibility index (Phi) is 4.77. The summed E-state index contributed by atoms with van der Waals surface area (Å²) in [7, 11) is 1.51. The third kappa shape index (κ3) is 3.35. The van der Waals surface area contributed by atoms with Gasteiger partial charge in [0, 0.05) is 22.7 Å². The number of carbonyl (C=O) groups is 1. The Morgan fingerprint density at radius 2 is 2.04 bits per heavy atom. The van der Waals surface area contributed by atoms with Crippen LogP contribution < -0.4 is 10.2 Å². The lowest BCUT2D eigenvalue weighted by Gasteiger charge is -2.05. The van der Waals surface area contributed by atoms with Crippen LogP contribution in [0.25, 0.3) is 10.9 Å². The van der Waals surface area contributed by atoms with E-state index in [0.717, 1.165) is 16.5 Å². The maximum Gasteiger partial charge on any atom is 0.275 e. The van der Waals surface area contributed by atoms with Crippen molar-refractivity contribution in [1.29, 1.82) is 5.26 Å². The molecular formula is C19H16N4O2. The molecule has 0 aliphatic carbocycles. The number of hydrogen-bond acceptors (Lipinski definition) is 4. The van der Waals surface area contributed by atoms with Crippen LogP contribution in [0.1, 0.15) is 15.9 Å². The fourth-order valence-electron chi connectivity index (χ4n) is 2.64. The van der Waals surface area contributed by atoms with Gasteiger partial charge >= 0.3 is 0 Å². The Bertz CT molecular complexity index is 982. The molecule has 124 valence electrons. The highest BCUT2D eigenvalue weighted by Gasteiger charge is 2.10. The van der Waals surface area contributed by atoms with Crippen molar-refractivity contribution in [2.24, 2.45) is 5.10 Å². The number of aromatic nitrogens is 1. The summed E-state index contributed by atoms with van der Waals surface area (Å²) in [5.41, 5.74) is 4.69. The summed E-state index contributed by atoms with van der Waals surface area (Å²) >= 11 is 0. The SMILES string of the molecule is COc1ccccc1C(=O)N/N=C\c1cn(CC#N)c2ccccc12. The molecule has 0 atom stereocenters. The van der Waals surface area contributed by atoms with Crippen molar-refractivity contribution in [2.45, 2.75) is 6.54 Å². The number of hydrogen-bond donors (Lipinski definition) is 1. The zero-order valence-electron chi connectivity index (χ0n) is 13.6. The first-order valence-electron chi connectivity index (χ1n) is 7.66. The number of nitrogens with one attached hydrogen (secondary N) is 1. The predicted octanol–water partition coefficient (Wildman–Crippen LogP) is 2.94. The molecule has 1 heterocycles. The van der Waals surface area contributed by atoms with Crippen LogP contribution in [0.3, 0.4) is 0 Å². The summed E-state index contributed by atoms with van der Waals surface area (Å²) in [5, 5.41) is 13.9. The van der Waals surface area contributed by atoms with Crippen molar-refractivity contribution < 1.29 is 9.53 Å². The second-order valence-corrected chi connectivity index (χ2v) is 5.29. The van der Waals surface area contributed by atoms with Crippen LogP contribution >= 0.6 is 0 Å². The minimum atomic E-state index is -0.352. The van der Waals surface area contributed by atoms with E-state index in [1.807, 2.05) is 35.0 Å². The van der Waals surface area contributed by atoms with E-state index in [1.54, 1.807) is 30.5 Å². The van der Waals surface area contributed by atoms with Gasteiger partial charge in [-0.15, -0.1) is 0 Å². The number of rotatable bonds is 5. The second kappa shape index (κ2) is 7.32. The van der Waals surface area contributed by atoms with Gasteiger partial charge in [0.25, 0.3) is 5.91 Å². The number of amides is 1. The van der Waals surface area contributed by atoms with Crippen LogP contribution in [0.2, 0.25) is 0 Å². The monoisotopic (exact) mass is 332 g/mol. The normalized spacial score (nSPS) is 10.7. The quantitative estimate of drug-likeness (QED) is 0.576. The first-order chi connectivity index (χ1) is 12.2. The number of benzene rings is 2. The summed E-state index contributed by atoms with van der Waals surface area (Å²) in [6, 6.07) is 16.8. The molecule has 1 N–H and O–H groups in total. The number of carbonyl (C=O) groups excluding carboxylic acids is 1. The van der Waals surface area contributed by atoms with Gasteiger partial charge in [0.1, 0.15) is 12.3 Å². The van der Waals surface area contributed by atoms with E-state index >= 15 is 0 Å². The summed E-state index contributed by atoms with van der Waals surface area (Å²) in [6.07, 6.45) is 3.41. The third-order valence-corrected chi connectivity index (χ3v) is 3.78. The molecule has 25 heavy (non-hydrogen) atoms. The molecular weight excluding hydrogens is 316 g/mol. The van der Waals surface area contributed by atoms with Gasteiger partial charge in [-0.3, -0.25) is 4.79 Å². The molecule has 0 spiro atoms. The lowest BCUT2D eigenvalue weighted by atomic mass is 10.2. The largest absolute Gasteiger partial charge is 0.496 e. The van der Waals surface area contributed by atoms with Crippen LogP contribution in [0.5, 0.6) is 5.75 Å². The molecule has 6 heteroatoms. The Morgan fingerprint density at radius 1 is 1.28 bits per heavy atom. The topological polar surface area (TPSA) is 79.4 Å². The molecule has 0 unspecified atom stereocenters. The molecule has 0 saturated heterocycles. The highest BCUT2D eigenvalue weighted by Crippen LogP contribution is 2.20. The molecule has 3 rings (SSSR count). The van der Waals surface area contributed by atoms with E-state index in [4.69, 9.17) is 10.00 Å². The van der Waals surface area contributed by atoms with Crippen molar-refractivity contribution >= 4 is 23.0 Å². The van der Waals surface area contributed by atoms with Crippen molar-refractivity contribution in [1.82, 2.24) is 9.99 Å². The van der Waals surface area contributed by atoms with Gasteiger partial charge in [-0.2, -0.15) is 10.4 Å². The number of para-hydroxylation sites is 2. The average molecular weight is 332 g/mol. The van der Waals surface area contributed by atoms with Crippen LogP contribution in [-0.2, 0) is 6.54 Å². The van der Waals surface area contributed by atoms with Crippen LogP contribution in [0, 0.1) is 11.3 Å². The smallest absolute Gasteiger partial charge is 0.275 e. The van der Waals surface area contributed by atoms with E-state index in [-0.39, 0.29) is 12.5 Å². The molecule has 6 nitrogen and oxygen atoms in total. The van der Waals surface area contributed by atoms with E-state index in [1.165, 1.54) is 7.11 Å². The maximum absolute atomic E-state index is 12.2.